The van der Waals surface area contributed by atoms with Crippen molar-refractivity contribution in [3.63, 3.8) is 0 Å². The average Bonchev–Trinajstić information content (AvgIpc) is 2.16. The molecule has 0 aliphatic rings. The van der Waals surface area contributed by atoms with Gasteiger partial charge >= 0.3 is 5.97 Å². The summed E-state index contributed by atoms with van der Waals surface area (Å²) in [5.41, 5.74) is 0. The summed E-state index contributed by atoms with van der Waals surface area (Å²) >= 11 is 0. The first kappa shape index (κ1) is 13.1. The van der Waals surface area contributed by atoms with E-state index in [1.54, 1.807) is 0 Å². The van der Waals surface area contributed by atoms with Crippen molar-refractivity contribution >= 4 is 12.3 Å². The smallest absolute Gasteiger partial charge is 0.313 e. The molecule has 1 N–H and O–H groups in total. The van der Waals surface area contributed by atoms with Crippen LogP contribution in [0.3, 0.4) is 0 Å². The molecule has 1 atom stereocenters. The fourth-order valence-corrected chi connectivity index (χ4v) is 1.39. The van der Waals surface area contributed by atoms with Crippen molar-refractivity contribution < 1.29 is 14.7 Å². The minimum Gasteiger partial charge on any atom is -0.481 e. The summed E-state index contributed by atoms with van der Waals surface area (Å²) in [4.78, 5) is 20.8. The normalized spacial score (nSPS) is 12.4. The maximum absolute atomic E-state index is 10.5. The monoisotopic (exact) mass is 200 g/mol. The highest BCUT2D eigenvalue weighted by atomic mass is 16.4. The van der Waals surface area contributed by atoms with Crippen LogP contribution in [0, 0.1) is 5.92 Å². The predicted molar refractivity (Wildman–Crippen MR) is 55.2 cm³/mol. The summed E-state index contributed by atoms with van der Waals surface area (Å²) in [5.74, 6) is -1.78. The second-order valence-electron chi connectivity index (χ2n) is 3.64. The number of carboxylic acid groups (broad SMARTS) is 1. The quantitative estimate of drug-likeness (QED) is 0.353. The third-order valence-electron chi connectivity index (χ3n) is 2.35. The SMILES string of the molecule is CCCCCCCCC(C=O)C(=O)O. The van der Waals surface area contributed by atoms with E-state index >= 15 is 0 Å². The molecular formula is C11H20O3. The topological polar surface area (TPSA) is 54.4 Å². The van der Waals surface area contributed by atoms with Crippen molar-refractivity contribution in [1.29, 1.82) is 0 Å². The number of carboxylic acids is 1. The average molecular weight is 200 g/mol. The van der Waals surface area contributed by atoms with Gasteiger partial charge in [-0.05, 0) is 6.42 Å². The first-order chi connectivity index (χ1) is 6.72. The van der Waals surface area contributed by atoms with Crippen LogP contribution in [0.15, 0.2) is 0 Å². The van der Waals surface area contributed by atoms with Crippen LogP contribution in [0.25, 0.3) is 0 Å². The molecule has 0 radical (unpaired) electrons. The molecule has 0 aromatic heterocycles. The van der Waals surface area contributed by atoms with E-state index in [0.29, 0.717) is 12.7 Å². The molecule has 0 aromatic carbocycles. The highest BCUT2D eigenvalue weighted by Crippen LogP contribution is 2.11. The molecule has 0 amide bonds. The third-order valence-corrected chi connectivity index (χ3v) is 2.35. The van der Waals surface area contributed by atoms with Gasteiger partial charge in [0.25, 0.3) is 0 Å². The molecule has 0 rings (SSSR count). The zero-order valence-electron chi connectivity index (χ0n) is 8.87. The van der Waals surface area contributed by atoms with E-state index in [0.717, 1.165) is 19.3 Å². The van der Waals surface area contributed by atoms with Gasteiger partial charge in [0.2, 0.25) is 0 Å². The number of aldehydes is 1. The van der Waals surface area contributed by atoms with Crippen LogP contribution in [0.2, 0.25) is 0 Å². The zero-order valence-corrected chi connectivity index (χ0v) is 8.87. The molecule has 82 valence electrons. The lowest BCUT2D eigenvalue weighted by Crippen LogP contribution is -2.14. The molecule has 0 fully saturated rings. The van der Waals surface area contributed by atoms with Crippen LogP contribution in [0.5, 0.6) is 0 Å². The molecule has 3 heteroatoms. The Balaban J connectivity index is 3.33. The Labute approximate surface area is 85.5 Å². The molecule has 0 saturated heterocycles. The highest BCUT2D eigenvalue weighted by Gasteiger charge is 2.14. The first-order valence-electron chi connectivity index (χ1n) is 5.40. The van der Waals surface area contributed by atoms with Gasteiger partial charge in [0.1, 0.15) is 12.2 Å². The molecule has 0 aromatic rings. The van der Waals surface area contributed by atoms with Crippen LogP contribution in [-0.2, 0) is 9.59 Å². The van der Waals surface area contributed by atoms with E-state index < -0.39 is 11.9 Å². The Kier molecular flexibility index (Phi) is 8.19. The third kappa shape index (κ3) is 6.63. The van der Waals surface area contributed by atoms with Gasteiger partial charge in [-0.1, -0.05) is 45.4 Å². The molecule has 0 aliphatic carbocycles. The van der Waals surface area contributed by atoms with Crippen LogP contribution in [-0.4, -0.2) is 17.4 Å². The number of rotatable bonds is 9. The van der Waals surface area contributed by atoms with E-state index in [9.17, 15) is 9.59 Å². The summed E-state index contributed by atoms with van der Waals surface area (Å²) in [6, 6.07) is 0. The number of aliphatic carboxylic acids is 1. The van der Waals surface area contributed by atoms with Gasteiger partial charge in [-0.25, -0.2) is 0 Å². The molecule has 0 saturated carbocycles. The van der Waals surface area contributed by atoms with E-state index in [-0.39, 0.29) is 0 Å². The van der Waals surface area contributed by atoms with Gasteiger partial charge in [-0.3, -0.25) is 4.79 Å². The Morgan fingerprint density at radius 2 is 1.79 bits per heavy atom. The van der Waals surface area contributed by atoms with Crippen LogP contribution in [0.1, 0.15) is 51.9 Å². The number of carbonyl (C=O) groups excluding carboxylic acids is 1. The van der Waals surface area contributed by atoms with Gasteiger partial charge in [0.05, 0.1) is 0 Å². The first-order valence-corrected chi connectivity index (χ1v) is 5.40. The Bertz CT molecular complexity index is 166. The zero-order chi connectivity index (χ0) is 10.8. The van der Waals surface area contributed by atoms with Gasteiger partial charge in [0, 0.05) is 0 Å². The number of carbonyl (C=O) groups is 2. The van der Waals surface area contributed by atoms with Crippen LogP contribution >= 0.6 is 0 Å². The molecule has 14 heavy (non-hydrogen) atoms. The van der Waals surface area contributed by atoms with Crippen molar-refractivity contribution in [2.45, 2.75) is 51.9 Å². The molecule has 1 unspecified atom stereocenters. The fraction of sp³-hybridized carbons (Fsp3) is 0.818. The van der Waals surface area contributed by atoms with Crippen molar-refractivity contribution in [2.75, 3.05) is 0 Å². The molecule has 0 bridgehead atoms. The van der Waals surface area contributed by atoms with Crippen LogP contribution < -0.4 is 0 Å². The molecule has 3 nitrogen and oxygen atoms in total. The van der Waals surface area contributed by atoms with Crippen molar-refractivity contribution in [3.05, 3.63) is 0 Å². The summed E-state index contributed by atoms with van der Waals surface area (Å²) in [5, 5.41) is 8.58. The Morgan fingerprint density at radius 1 is 1.21 bits per heavy atom. The molecule has 0 spiro atoms. The summed E-state index contributed by atoms with van der Waals surface area (Å²) in [6.07, 6.45) is 7.74. The van der Waals surface area contributed by atoms with E-state index in [2.05, 4.69) is 6.92 Å². The lowest BCUT2D eigenvalue weighted by atomic mass is 10.0. The maximum atomic E-state index is 10.5. The van der Waals surface area contributed by atoms with Gasteiger partial charge in [-0.15, -0.1) is 0 Å². The highest BCUT2D eigenvalue weighted by molar-refractivity contribution is 5.86. The summed E-state index contributed by atoms with van der Waals surface area (Å²) in [7, 11) is 0. The maximum Gasteiger partial charge on any atom is 0.313 e. The number of hydrogen-bond acceptors (Lipinski definition) is 2. The lowest BCUT2D eigenvalue weighted by Gasteiger charge is -2.04. The van der Waals surface area contributed by atoms with E-state index in [4.69, 9.17) is 5.11 Å². The fourth-order valence-electron chi connectivity index (χ4n) is 1.39. The van der Waals surface area contributed by atoms with Crippen molar-refractivity contribution in [3.8, 4) is 0 Å². The minimum atomic E-state index is -0.992. The Morgan fingerprint density at radius 3 is 2.29 bits per heavy atom. The summed E-state index contributed by atoms with van der Waals surface area (Å²) < 4.78 is 0. The minimum absolute atomic E-state index is 0.491. The van der Waals surface area contributed by atoms with Crippen molar-refractivity contribution in [1.82, 2.24) is 0 Å². The summed E-state index contributed by atoms with van der Waals surface area (Å²) in [6.45, 7) is 2.16. The Hall–Kier alpha value is -0.860. The van der Waals surface area contributed by atoms with Gasteiger partial charge in [0.15, 0.2) is 0 Å². The van der Waals surface area contributed by atoms with Gasteiger partial charge in [-0.2, -0.15) is 0 Å². The molecule has 0 aliphatic heterocycles. The molecule has 0 heterocycles. The predicted octanol–water partition coefficient (Wildman–Crippen LogP) is 2.64. The number of unbranched alkanes of at least 4 members (excludes halogenated alkanes) is 5. The second kappa shape index (κ2) is 8.73. The lowest BCUT2D eigenvalue weighted by molar-refractivity contribution is -0.143. The second-order valence-corrected chi connectivity index (χ2v) is 3.64. The molecular weight excluding hydrogens is 180 g/mol. The number of hydrogen-bond donors (Lipinski definition) is 1. The van der Waals surface area contributed by atoms with E-state index in [1.807, 2.05) is 0 Å². The standard InChI is InChI=1S/C11H20O3/c1-2-3-4-5-6-7-8-10(9-12)11(13)14/h9-10H,2-8H2,1H3,(H,13,14). The van der Waals surface area contributed by atoms with Gasteiger partial charge < -0.3 is 9.90 Å². The van der Waals surface area contributed by atoms with Crippen molar-refractivity contribution in [2.24, 2.45) is 5.92 Å². The van der Waals surface area contributed by atoms with E-state index in [1.165, 1.54) is 19.3 Å². The van der Waals surface area contributed by atoms with Crippen LogP contribution in [0.4, 0.5) is 0 Å². The largest absolute Gasteiger partial charge is 0.481 e.